The van der Waals surface area contributed by atoms with Crippen LogP contribution in [0.1, 0.15) is 38.5 Å². The molecule has 110 valence electrons. The summed E-state index contributed by atoms with van der Waals surface area (Å²) in [6.07, 6.45) is 2.13. The van der Waals surface area contributed by atoms with E-state index in [-0.39, 0.29) is 12.1 Å². The van der Waals surface area contributed by atoms with E-state index in [1.807, 2.05) is 18.2 Å². The first-order valence-electron chi connectivity index (χ1n) is 7.09. The Morgan fingerprint density at radius 3 is 2.85 bits per heavy atom. The highest BCUT2D eigenvalue weighted by Gasteiger charge is 2.19. The normalized spacial score (nSPS) is 14.6. The van der Waals surface area contributed by atoms with Gasteiger partial charge in [-0.2, -0.15) is 0 Å². The van der Waals surface area contributed by atoms with Gasteiger partial charge in [-0.3, -0.25) is 0 Å². The van der Waals surface area contributed by atoms with Gasteiger partial charge in [-0.25, -0.2) is 0 Å². The Hall–Kier alpha value is -1.03. The highest BCUT2D eigenvalue weighted by atomic mass is 35.5. The van der Waals surface area contributed by atoms with E-state index in [4.69, 9.17) is 20.8 Å². The molecule has 1 aromatic heterocycles. The average molecular weight is 296 g/mol. The molecule has 0 fully saturated rings. The van der Waals surface area contributed by atoms with Crippen LogP contribution in [0.5, 0.6) is 0 Å². The molecule has 2 aromatic rings. The zero-order valence-corrected chi connectivity index (χ0v) is 13.0. The lowest BCUT2D eigenvalue weighted by atomic mass is 10.1. The highest BCUT2D eigenvalue weighted by molar-refractivity contribution is 6.34. The van der Waals surface area contributed by atoms with E-state index in [2.05, 4.69) is 25.2 Å². The predicted octanol–water partition coefficient (Wildman–Crippen LogP) is 4.55. The standard InChI is InChI=1S/C16H22ClNO2/c1-4-8-18-14(9-11(2)19-3)15-10-12-6-5-7-13(17)16(12)20-15/h5-7,10-11,14,18H,4,8-9H2,1-3H3. The number of ether oxygens (including phenoxy) is 1. The van der Waals surface area contributed by atoms with Crippen molar-refractivity contribution in [3.05, 3.63) is 35.0 Å². The molecule has 0 saturated heterocycles. The Balaban J connectivity index is 2.27. The Morgan fingerprint density at radius 1 is 1.40 bits per heavy atom. The zero-order chi connectivity index (χ0) is 14.5. The average Bonchev–Trinajstić information content (AvgIpc) is 2.88. The lowest BCUT2D eigenvalue weighted by Gasteiger charge is -2.19. The van der Waals surface area contributed by atoms with Crippen LogP contribution in [0.25, 0.3) is 11.0 Å². The summed E-state index contributed by atoms with van der Waals surface area (Å²) in [6, 6.07) is 8.02. The van der Waals surface area contributed by atoms with Crippen LogP contribution in [-0.4, -0.2) is 19.8 Å². The Bertz CT molecular complexity index is 552. The van der Waals surface area contributed by atoms with Gasteiger partial charge in [0.2, 0.25) is 0 Å². The van der Waals surface area contributed by atoms with Crippen molar-refractivity contribution >= 4 is 22.6 Å². The minimum absolute atomic E-state index is 0.147. The van der Waals surface area contributed by atoms with E-state index < -0.39 is 0 Å². The largest absolute Gasteiger partial charge is 0.458 e. The summed E-state index contributed by atoms with van der Waals surface area (Å²) >= 11 is 6.17. The molecule has 0 radical (unpaired) electrons. The molecule has 0 aliphatic heterocycles. The molecule has 0 saturated carbocycles. The monoisotopic (exact) mass is 295 g/mol. The third-order valence-electron chi connectivity index (χ3n) is 3.47. The van der Waals surface area contributed by atoms with Crippen molar-refractivity contribution in [1.29, 1.82) is 0 Å². The molecule has 1 aromatic carbocycles. The van der Waals surface area contributed by atoms with E-state index in [0.29, 0.717) is 5.02 Å². The molecule has 20 heavy (non-hydrogen) atoms. The van der Waals surface area contributed by atoms with Crippen molar-refractivity contribution in [3.8, 4) is 0 Å². The Labute approximate surface area is 125 Å². The van der Waals surface area contributed by atoms with E-state index >= 15 is 0 Å². The second-order valence-electron chi connectivity index (χ2n) is 5.10. The maximum absolute atomic E-state index is 6.17. The summed E-state index contributed by atoms with van der Waals surface area (Å²) in [5.74, 6) is 0.922. The highest BCUT2D eigenvalue weighted by Crippen LogP contribution is 2.31. The van der Waals surface area contributed by atoms with Crippen molar-refractivity contribution in [1.82, 2.24) is 5.32 Å². The van der Waals surface area contributed by atoms with Crippen LogP contribution >= 0.6 is 11.6 Å². The molecule has 2 rings (SSSR count). The quantitative estimate of drug-likeness (QED) is 0.813. The number of hydrogen-bond donors (Lipinski definition) is 1. The van der Waals surface area contributed by atoms with Crippen molar-refractivity contribution < 1.29 is 9.15 Å². The van der Waals surface area contributed by atoms with Crippen molar-refractivity contribution in [2.45, 2.75) is 38.8 Å². The SMILES string of the molecule is CCCNC(CC(C)OC)c1cc2cccc(Cl)c2o1. The van der Waals surface area contributed by atoms with Crippen LogP contribution < -0.4 is 5.32 Å². The number of fused-ring (bicyclic) bond motifs is 1. The van der Waals surface area contributed by atoms with Gasteiger partial charge in [0, 0.05) is 12.5 Å². The van der Waals surface area contributed by atoms with Crippen LogP contribution in [0.4, 0.5) is 0 Å². The first kappa shape index (κ1) is 15.4. The number of furan rings is 1. The molecule has 3 nitrogen and oxygen atoms in total. The van der Waals surface area contributed by atoms with Crippen LogP contribution in [0, 0.1) is 0 Å². The molecule has 0 amide bonds. The molecular weight excluding hydrogens is 274 g/mol. The molecule has 0 aliphatic rings. The minimum Gasteiger partial charge on any atom is -0.458 e. The first-order valence-corrected chi connectivity index (χ1v) is 7.47. The maximum Gasteiger partial charge on any atom is 0.152 e. The van der Waals surface area contributed by atoms with Crippen LogP contribution in [0.3, 0.4) is 0 Å². The number of para-hydroxylation sites is 1. The number of halogens is 1. The summed E-state index contributed by atoms with van der Waals surface area (Å²) in [6.45, 7) is 5.17. The molecule has 0 aliphatic carbocycles. The number of nitrogens with one attached hydrogen (secondary N) is 1. The smallest absolute Gasteiger partial charge is 0.152 e. The number of hydrogen-bond acceptors (Lipinski definition) is 3. The van der Waals surface area contributed by atoms with Crippen molar-refractivity contribution in [3.63, 3.8) is 0 Å². The minimum atomic E-state index is 0.147. The molecule has 0 bridgehead atoms. The summed E-state index contributed by atoms with van der Waals surface area (Å²) in [7, 11) is 1.73. The van der Waals surface area contributed by atoms with Gasteiger partial charge in [-0.05, 0) is 38.4 Å². The van der Waals surface area contributed by atoms with E-state index in [0.717, 1.165) is 36.1 Å². The summed E-state index contributed by atoms with van der Waals surface area (Å²) < 4.78 is 11.3. The molecule has 2 atom stereocenters. The molecular formula is C16H22ClNO2. The molecule has 2 unspecified atom stereocenters. The first-order chi connectivity index (χ1) is 9.65. The van der Waals surface area contributed by atoms with Crippen molar-refractivity contribution in [2.75, 3.05) is 13.7 Å². The lowest BCUT2D eigenvalue weighted by molar-refractivity contribution is 0.0978. The van der Waals surface area contributed by atoms with Crippen LogP contribution in [0.2, 0.25) is 5.02 Å². The Kier molecular flexibility index (Phi) is 5.46. The topological polar surface area (TPSA) is 34.4 Å². The van der Waals surface area contributed by atoms with Gasteiger partial charge in [0.05, 0.1) is 17.2 Å². The fourth-order valence-corrected chi connectivity index (χ4v) is 2.49. The number of rotatable bonds is 7. The van der Waals surface area contributed by atoms with Crippen LogP contribution in [0.15, 0.2) is 28.7 Å². The van der Waals surface area contributed by atoms with Gasteiger partial charge in [0.1, 0.15) is 5.76 Å². The van der Waals surface area contributed by atoms with Gasteiger partial charge in [-0.15, -0.1) is 0 Å². The number of benzene rings is 1. The third-order valence-corrected chi connectivity index (χ3v) is 3.77. The second-order valence-corrected chi connectivity index (χ2v) is 5.50. The fraction of sp³-hybridized carbons (Fsp3) is 0.500. The van der Waals surface area contributed by atoms with Gasteiger partial charge in [-0.1, -0.05) is 30.7 Å². The lowest BCUT2D eigenvalue weighted by Crippen LogP contribution is -2.25. The predicted molar refractivity (Wildman–Crippen MR) is 83.3 cm³/mol. The summed E-state index contributed by atoms with van der Waals surface area (Å²) in [5, 5.41) is 5.21. The van der Waals surface area contributed by atoms with Gasteiger partial charge >= 0.3 is 0 Å². The van der Waals surface area contributed by atoms with E-state index in [1.54, 1.807) is 7.11 Å². The van der Waals surface area contributed by atoms with E-state index in [9.17, 15) is 0 Å². The summed E-state index contributed by atoms with van der Waals surface area (Å²) in [4.78, 5) is 0. The van der Waals surface area contributed by atoms with E-state index in [1.165, 1.54) is 0 Å². The van der Waals surface area contributed by atoms with Gasteiger partial charge in [0.25, 0.3) is 0 Å². The second kappa shape index (κ2) is 7.11. The maximum atomic E-state index is 6.17. The molecule has 0 spiro atoms. The fourth-order valence-electron chi connectivity index (χ4n) is 2.27. The molecule has 1 N–H and O–H groups in total. The van der Waals surface area contributed by atoms with Crippen LogP contribution in [-0.2, 0) is 4.74 Å². The van der Waals surface area contributed by atoms with Gasteiger partial charge in [0.15, 0.2) is 5.58 Å². The third kappa shape index (κ3) is 3.54. The Morgan fingerprint density at radius 2 is 2.20 bits per heavy atom. The molecule has 4 heteroatoms. The molecule has 1 heterocycles. The van der Waals surface area contributed by atoms with Gasteiger partial charge < -0.3 is 14.5 Å². The summed E-state index contributed by atoms with van der Waals surface area (Å²) in [5.41, 5.74) is 0.762. The zero-order valence-electron chi connectivity index (χ0n) is 12.3. The van der Waals surface area contributed by atoms with Crippen molar-refractivity contribution in [2.24, 2.45) is 0 Å². The number of methoxy groups -OCH3 is 1.